The van der Waals surface area contributed by atoms with Crippen LogP contribution in [0.1, 0.15) is 27.9 Å². The summed E-state index contributed by atoms with van der Waals surface area (Å²) in [6.45, 7) is 3.57. The molecular weight excluding hydrogens is 415 g/mol. The molecule has 2 aromatic carbocycles. The van der Waals surface area contributed by atoms with Gasteiger partial charge < -0.3 is 10.4 Å². The van der Waals surface area contributed by atoms with Crippen molar-refractivity contribution in [3.63, 3.8) is 0 Å². The molecule has 2 aromatic heterocycles. The van der Waals surface area contributed by atoms with Gasteiger partial charge >= 0.3 is 6.18 Å². The summed E-state index contributed by atoms with van der Waals surface area (Å²) in [7, 11) is 0. The number of nitrogens with one attached hydrogen (secondary N) is 1. The van der Waals surface area contributed by atoms with Gasteiger partial charge in [0.05, 0.1) is 26.9 Å². The molecule has 9 heteroatoms. The number of hydrogen-bond donors (Lipinski definition) is 2. The van der Waals surface area contributed by atoms with E-state index in [4.69, 9.17) is 0 Å². The third kappa shape index (κ3) is 3.66. The third-order valence-electron chi connectivity index (χ3n) is 4.68. The maximum absolute atomic E-state index is 12.9. The average molecular weight is 433 g/mol. The predicted octanol–water partition coefficient (Wildman–Crippen LogP) is 4.68. The van der Waals surface area contributed by atoms with E-state index in [1.54, 1.807) is 29.7 Å². The number of fused-ring (bicyclic) bond motifs is 3. The van der Waals surface area contributed by atoms with Crippen molar-refractivity contribution in [2.24, 2.45) is 0 Å². The molecule has 1 atom stereocenters. The zero-order chi connectivity index (χ0) is 21.6. The molecule has 2 heterocycles. The van der Waals surface area contributed by atoms with Crippen LogP contribution >= 0.6 is 11.3 Å². The summed E-state index contributed by atoms with van der Waals surface area (Å²) in [4.78, 5) is 17.0. The first kappa shape index (κ1) is 20.4. The number of nitrogens with zero attached hydrogens (tertiary/aromatic N) is 2. The highest BCUT2D eigenvalue weighted by Gasteiger charge is 2.30. The van der Waals surface area contributed by atoms with Crippen LogP contribution < -0.4 is 5.32 Å². The Morgan fingerprint density at radius 3 is 2.57 bits per heavy atom. The van der Waals surface area contributed by atoms with Gasteiger partial charge in [0.1, 0.15) is 0 Å². The Morgan fingerprint density at radius 1 is 1.23 bits per heavy atom. The van der Waals surface area contributed by atoms with Crippen molar-refractivity contribution in [2.45, 2.75) is 26.1 Å². The lowest BCUT2D eigenvalue weighted by Gasteiger charge is -2.10. The van der Waals surface area contributed by atoms with E-state index in [0.29, 0.717) is 16.9 Å². The molecule has 0 aliphatic rings. The van der Waals surface area contributed by atoms with Crippen molar-refractivity contribution in [3.8, 4) is 5.69 Å². The lowest BCUT2D eigenvalue weighted by atomic mass is 10.1. The van der Waals surface area contributed by atoms with Gasteiger partial charge in [0, 0.05) is 23.2 Å². The summed E-state index contributed by atoms with van der Waals surface area (Å²) < 4.78 is 41.5. The number of thiazole rings is 1. The number of aliphatic hydroxyl groups excluding tert-OH is 1. The van der Waals surface area contributed by atoms with Gasteiger partial charge in [0.15, 0.2) is 5.65 Å². The summed E-state index contributed by atoms with van der Waals surface area (Å²) in [5, 5.41) is 13.6. The monoisotopic (exact) mass is 433 g/mol. The molecule has 0 saturated carbocycles. The van der Waals surface area contributed by atoms with Crippen LogP contribution in [-0.4, -0.2) is 33.2 Å². The number of amides is 1. The summed E-state index contributed by atoms with van der Waals surface area (Å²) in [6.07, 6.45) is -5.06. The molecule has 0 bridgehead atoms. The van der Waals surface area contributed by atoms with E-state index >= 15 is 0 Å². The van der Waals surface area contributed by atoms with Gasteiger partial charge in [-0.15, -0.1) is 11.3 Å². The number of halogens is 3. The maximum atomic E-state index is 12.9. The Bertz CT molecular complexity index is 1240. The standard InChI is InChI=1S/C21H18F3N3O2S/c1-11(28)10-25-20(29)13-3-8-17-16(9-13)18-19(26-12(2)30-18)27(17)15-6-4-14(5-7-15)21(22,23)24/h3-9,11,28H,10H2,1-2H3,(H,25,29)/t11-/m1/s1. The van der Waals surface area contributed by atoms with Crippen molar-refractivity contribution in [1.82, 2.24) is 14.9 Å². The number of carbonyl (C=O) groups is 1. The van der Waals surface area contributed by atoms with E-state index in [0.717, 1.165) is 32.7 Å². The van der Waals surface area contributed by atoms with Crippen LogP contribution in [0.3, 0.4) is 0 Å². The third-order valence-corrected chi connectivity index (χ3v) is 5.68. The highest BCUT2D eigenvalue weighted by atomic mass is 32.1. The minimum atomic E-state index is -4.40. The molecule has 0 saturated heterocycles. The number of aromatic nitrogens is 2. The Balaban J connectivity index is 1.84. The van der Waals surface area contributed by atoms with Crippen LogP contribution in [0.5, 0.6) is 0 Å². The molecule has 0 radical (unpaired) electrons. The largest absolute Gasteiger partial charge is 0.416 e. The number of hydrogen-bond acceptors (Lipinski definition) is 4. The predicted molar refractivity (Wildman–Crippen MR) is 110 cm³/mol. The van der Waals surface area contributed by atoms with Gasteiger partial charge in [0.25, 0.3) is 5.91 Å². The minimum Gasteiger partial charge on any atom is -0.392 e. The Labute approximate surface area is 173 Å². The molecule has 0 fully saturated rings. The van der Waals surface area contributed by atoms with Gasteiger partial charge in [0.2, 0.25) is 0 Å². The lowest BCUT2D eigenvalue weighted by molar-refractivity contribution is -0.137. The van der Waals surface area contributed by atoms with E-state index in [1.165, 1.54) is 23.5 Å². The Kier molecular flexibility index (Phi) is 5.03. The van der Waals surface area contributed by atoms with Crippen LogP contribution in [0.2, 0.25) is 0 Å². The summed E-state index contributed by atoms with van der Waals surface area (Å²) in [6, 6.07) is 10.1. The zero-order valence-electron chi connectivity index (χ0n) is 16.1. The molecule has 0 unspecified atom stereocenters. The minimum absolute atomic E-state index is 0.137. The Hall–Kier alpha value is -2.91. The van der Waals surface area contributed by atoms with Crippen LogP contribution in [0, 0.1) is 6.92 Å². The number of benzene rings is 2. The first-order valence-electron chi connectivity index (χ1n) is 9.20. The fraction of sp³-hybridized carbons (Fsp3) is 0.238. The van der Waals surface area contributed by atoms with Gasteiger partial charge in [-0.3, -0.25) is 9.36 Å². The first-order chi connectivity index (χ1) is 14.1. The topological polar surface area (TPSA) is 67.2 Å². The average Bonchev–Trinajstić information content (AvgIpc) is 3.19. The molecule has 156 valence electrons. The highest BCUT2D eigenvalue weighted by Crippen LogP contribution is 2.37. The molecule has 5 nitrogen and oxygen atoms in total. The van der Waals surface area contributed by atoms with Crippen LogP contribution in [-0.2, 0) is 6.18 Å². The van der Waals surface area contributed by atoms with Gasteiger partial charge in [-0.2, -0.15) is 13.2 Å². The van der Waals surface area contributed by atoms with E-state index in [9.17, 15) is 23.1 Å². The molecule has 1 amide bonds. The highest BCUT2D eigenvalue weighted by molar-refractivity contribution is 7.19. The van der Waals surface area contributed by atoms with Crippen molar-refractivity contribution < 1.29 is 23.1 Å². The fourth-order valence-electron chi connectivity index (χ4n) is 3.31. The van der Waals surface area contributed by atoms with Gasteiger partial charge in [-0.25, -0.2) is 4.98 Å². The van der Waals surface area contributed by atoms with Crippen molar-refractivity contribution in [1.29, 1.82) is 0 Å². The number of alkyl halides is 3. The second kappa shape index (κ2) is 7.41. The first-order valence-corrected chi connectivity index (χ1v) is 10.0. The summed E-state index contributed by atoms with van der Waals surface area (Å²) >= 11 is 1.46. The maximum Gasteiger partial charge on any atom is 0.416 e. The van der Waals surface area contributed by atoms with Gasteiger partial charge in [-0.1, -0.05) is 0 Å². The molecule has 4 rings (SSSR count). The smallest absolute Gasteiger partial charge is 0.392 e. The van der Waals surface area contributed by atoms with Crippen molar-refractivity contribution in [2.75, 3.05) is 6.54 Å². The van der Waals surface area contributed by atoms with Crippen LogP contribution in [0.25, 0.3) is 26.9 Å². The van der Waals surface area contributed by atoms with Crippen molar-refractivity contribution in [3.05, 3.63) is 58.6 Å². The fourth-order valence-corrected chi connectivity index (χ4v) is 4.24. The lowest BCUT2D eigenvalue weighted by Crippen LogP contribution is -2.30. The number of carbonyl (C=O) groups excluding carboxylic acids is 1. The van der Waals surface area contributed by atoms with Crippen molar-refractivity contribution >= 4 is 38.5 Å². The SMILES string of the molecule is Cc1nc2c(s1)c1cc(C(=O)NC[C@@H](C)O)ccc1n2-c1ccc(C(F)(F)F)cc1. The Morgan fingerprint density at radius 2 is 1.93 bits per heavy atom. The molecule has 4 aromatic rings. The molecular formula is C21H18F3N3O2S. The molecule has 0 spiro atoms. The molecule has 0 aliphatic heterocycles. The summed E-state index contributed by atoms with van der Waals surface area (Å²) in [5.41, 5.74) is 1.65. The second-order valence-electron chi connectivity index (χ2n) is 7.06. The van der Waals surface area contributed by atoms with E-state index in [1.807, 2.05) is 6.92 Å². The molecule has 30 heavy (non-hydrogen) atoms. The quantitative estimate of drug-likeness (QED) is 0.491. The van der Waals surface area contributed by atoms with E-state index < -0.39 is 17.8 Å². The number of aliphatic hydroxyl groups is 1. The van der Waals surface area contributed by atoms with Crippen LogP contribution in [0.15, 0.2) is 42.5 Å². The zero-order valence-corrected chi connectivity index (χ0v) is 16.9. The van der Waals surface area contributed by atoms with E-state index in [-0.39, 0.29) is 12.5 Å². The number of rotatable bonds is 4. The van der Waals surface area contributed by atoms with Crippen LogP contribution in [0.4, 0.5) is 13.2 Å². The molecule has 2 N–H and O–H groups in total. The number of aryl methyl sites for hydroxylation is 1. The van der Waals surface area contributed by atoms with Gasteiger partial charge in [-0.05, 0) is 56.3 Å². The van der Waals surface area contributed by atoms with E-state index in [2.05, 4.69) is 10.3 Å². The second-order valence-corrected chi connectivity index (χ2v) is 8.26. The summed E-state index contributed by atoms with van der Waals surface area (Å²) in [5.74, 6) is -0.311. The molecule has 0 aliphatic carbocycles. The normalized spacial score (nSPS) is 13.1.